The lowest BCUT2D eigenvalue weighted by Crippen LogP contribution is -2.51. The normalized spacial score (nSPS) is 29.9. The van der Waals surface area contributed by atoms with Crippen molar-refractivity contribution in [3.05, 3.63) is 34.6 Å². The lowest BCUT2D eigenvalue weighted by Gasteiger charge is -2.56. The Balaban J connectivity index is 1.21. The van der Waals surface area contributed by atoms with Crippen molar-refractivity contribution in [2.24, 2.45) is 23.2 Å². The number of aryl methyl sites for hydroxylation is 1. The molecule has 154 valence electrons. The summed E-state index contributed by atoms with van der Waals surface area (Å²) >= 11 is 5.41. The molecular formula is C23H30N4OS. The first kappa shape index (κ1) is 19.0. The van der Waals surface area contributed by atoms with Gasteiger partial charge in [0.15, 0.2) is 10.6 Å². The lowest BCUT2D eigenvalue weighted by atomic mass is 9.49. The fraction of sp³-hybridized carbons (Fsp3) is 0.609. The van der Waals surface area contributed by atoms with Crippen molar-refractivity contribution in [2.45, 2.75) is 58.4 Å². The zero-order valence-electron chi connectivity index (χ0n) is 17.1. The van der Waals surface area contributed by atoms with Crippen molar-refractivity contribution < 1.29 is 4.79 Å². The fourth-order valence-corrected chi connectivity index (χ4v) is 6.85. The van der Waals surface area contributed by atoms with Crippen LogP contribution in [0.3, 0.4) is 0 Å². The summed E-state index contributed by atoms with van der Waals surface area (Å²) in [6, 6.07) is 8.20. The third kappa shape index (κ3) is 3.79. The van der Waals surface area contributed by atoms with Gasteiger partial charge in [0.1, 0.15) is 0 Å². The van der Waals surface area contributed by atoms with Crippen LogP contribution in [0.15, 0.2) is 24.3 Å². The molecule has 6 rings (SSSR count). The Hall–Kier alpha value is -1.95. The van der Waals surface area contributed by atoms with Crippen LogP contribution < -0.4 is 5.32 Å². The van der Waals surface area contributed by atoms with Gasteiger partial charge in [0.05, 0.1) is 0 Å². The number of carbonyl (C=O) groups is 1. The largest absolute Gasteiger partial charge is 0.355 e. The Morgan fingerprint density at radius 2 is 1.93 bits per heavy atom. The van der Waals surface area contributed by atoms with Gasteiger partial charge in [0.25, 0.3) is 0 Å². The summed E-state index contributed by atoms with van der Waals surface area (Å²) < 4.78 is 2.50. The molecule has 1 aromatic carbocycles. The van der Waals surface area contributed by atoms with Crippen molar-refractivity contribution >= 4 is 18.1 Å². The molecule has 29 heavy (non-hydrogen) atoms. The quantitative estimate of drug-likeness (QED) is 0.682. The highest BCUT2D eigenvalue weighted by molar-refractivity contribution is 7.71. The first-order valence-corrected chi connectivity index (χ1v) is 11.4. The number of nitrogens with one attached hydrogen (secondary N) is 2. The topological polar surface area (TPSA) is 62.7 Å². The van der Waals surface area contributed by atoms with E-state index in [0.29, 0.717) is 23.2 Å². The summed E-state index contributed by atoms with van der Waals surface area (Å²) in [6.07, 6.45) is 8.71. The number of hydrogen-bond acceptors (Lipinski definition) is 3. The average Bonchev–Trinajstić information content (AvgIpc) is 3.04. The van der Waals surface area contributed by atoms with Crippen LogP contribution in [0.4, 0.5) is 0 Å². The van der Waals surface area contributed by atoms with Crippen LogP contribution in [-0.2, 0) is 11.3 Å². The zero-order valence-corrected chi connectivity index (χ0v) is 17.9. The third-order valence-corrected chi connectivity index (χ3v) is 7.73. The maximum Gasteiger partial charge on any atom is 0.221 e. The van der Waals surface area contributed by atoms with Crippen LogP contribution in [0.5, 0.6) is 0 Å². The van der Waals surface area contributed by atoms with E-state index in [-0.39, 0.29) is 5.91 Å². The number of amides is 1. The minimum atomic E-state index is 0.124. The Labute approximate surface area is 177 Å². The first-order valence-electron chi connectivity index (χ1n) is 11.0. The highest BCUT2D eigenvalue weighted by atomic mass is 32.1. The zero-order chi connectivity index (χ0) is 20.0. The van der Waals surface area contributed by atoms with E-state index < -0.39 is 0 Å². The second kappa shape index (κ2) is 7.38. The van der Waals surface area contributed by atoms with Gasteiger partial charge in [0.2, 0.25) is 5.91 Å². The predicted octanol–water partition coefficient (Wildman–Crippen LogP) is 4.64. The summed E-state index contributed by atoms with van der Waals surface area (Å²) in [5.41, 5.74) is 2.57. The second-order valence-corrected chi connectivity index (χ2v) is 10.2. The van der Waals surface area contributed by atoms with E-state index in [1.54, 1.807) is 0 Å². The van der Waals surface area contributed by atoms with E-state index >= 15 is 0 Å². The highest BCUT2D eigenvalue weighted by Crippen LogP contribution is 2.59. The summed E-state index contributed by atoms with van der Waals surface area (Å²) in [6.45, 7) is 3.47. The van der Waals surface area contributed by atoms with E-state index in [4.69, 9.17) is 12.2 Å². The molecule has 4 aliphatic carbocycles. The average molecular weight is 411 g/mol. The maximum absolute atomic E-state index is 12.7. The smallest absolute Gasteiger partial charge is 0.221 e. The van der Waals surface area contributed by atoms with Crippen LogP contribution >= 0.6 is 12.2 Å². The van der Waals surface area contributed by atoms with Gasteiger partial charge in [-0.2, -0.15) is 5.10 Å². The molecular weight excluding hydrogens is 380 g/mol. The molecule has 2 aromatic rings. The predicted molar refractivity (Wildman–Crippen MR) is 116 cm³/mol. The lowest BCUT2D eigenvalue weighted by molar-refractivity contribution is -0.123. The molecule has 6 heteroatoms. The summed E-state index contributed by atoms with van der Waals surface area (Å²) in [5, 5.41) is 10.5. The summed E-state index contributed by atoms with van der Waals surface area (Å²) in [5.74, 6) is 3.67. The SMILES string of the molecule is Cc1cccc(-c2n[nH]c(=S)n2CCC(=O)NCC23CC4CC(CC(C4)C2)C3)c1. The first-order chi connectivity index (χ1) is 14.0. The summed E-state index contributed by atoms with van der Waals surface area (Å²) in [7, 11) is 0. The van der Waals surface area contributed by atoms with Gasteiger partial charge < -0.3 is 5.32 Å². The Morgan fingerprint density at radius 3 is 2.59 bits per heavy atom. The van der Waals surface area contributed by atoms with Crippen molar-refractivity contribution in [3.63, 3.8) is 0 Å². The molecule has 4 saturated carbocycles. The standard InChI is InChI=1S/C23H30N4OS/c1-15-3-2-4-19(7-15)21-25-26-22(29)27(21)6-5-20(28)24-14-23-11-16-8-17(12-23)10-18(9-16)13-23/h2-4,7,16-18H,5-6,8-14H2,1H3,(H,24,28)(H,26,29). The minimum Gasteiger partial charge on any atom is -0.355 e. The van der Waals surface area contributed by atoms with E-state index in [1.165, 1.54) is 44.1 Å². The van der Waals surface area contributed by atoms with Gasteiger partial charge in [-0.15, -0.1) is 0 Å². The van der Waals surface area contributed by atoms with Gasteiger partial charge in [-0.25, -0.2) is 0 Å². The van der Waals surface area contributed by atoms with Gasteiger partial charge >= 0.3 is 0 Å². The van der Waals surface area contributed by atoms with Gasteiger partial charge in [0, 0.05) is 25.1 Å². The molecule has 0 aliphatic heterocycles. The van der Waals surface area contributed by atoms with Crippen LogP contribution in [0.2, 0.25) is 0 Å². The molecule has 1 heterocycles. The minimum absolute atomic E-state index is 0.124. The third-order valence-electron chi connectivity index (χ3n) is 7.42. The molecule has 5 nitrogen and oxygen atoms in total. The molecule has 1 amide bonds. The Bertz CT molecular complexity index is 940. The molecule has 4 aliphatic rings. The van der Waals surface area contributed by atoms with Crippen LogP contribution in [0, 0.1) is 34.9 Å². The number of nitrogens with zero attached hydrogens (tertiary/aromatic N) is 2. The Morgan fingerprint density at radius 1 is 1.24 bits per heavy atom. The van der Waals surface area contributed by atoms with Crippen molar-refractivity contribution in [1.29, 1.82) is 0 Å². The maximum atomic E-state index is 12.7. The second-order valence-electron chi connectivity index (χ2n) is 9.82. The van der Waals surface area contributed by atoms with E-state index in [9.17, 15) is 4.79 Å². The van der Waals surface area contributed by atoms with Crippen LogP contribution in [-0.4, -0.2) is 27.2 Å². The van der Waals surface area contributed by atoms with Crippen molar-refractivity contribution in [2.75, 3.05) is 6.54 Å². The van der Waals surface area contributed by atoms with E-state index in [1.807, 2.05) is 16.7 Å². The number of H-pyrrole nitrogens is 1. The molecule has 0 saturated heterocycles. The van der Waals surface area contributed by atoms with Gasteiger partial charge in [-0.3, -0.25) is 14.5 Å². The molecule has 4 fully saturated rings. The number of aromatic amines is 1. The molecule has 0 spiro atoms. The number of benzene rings is 1. The van der Waals surface area contributed by atoms with Gasteiger partial charge in [-0.1, -0.05) is 23.8 Å². The van der Waals surface area contributed by atoms with Crippen molar-refractivity contribution in [1.82, 2.24) is 20.1 Å². The van der Waals surface area contributed by atoms with Crippen molar-refractivity contribution in [3.8, 4) is 11.4 Å². The summed E-state index contributed by atoms with van der Waals surface area (Å²) in [4.78, 5) is 12.7. The van der Waals surface area contributed by atoms with E-state index in [2.05, 4.69) is 34.6 Å². The van der Waals surface area contributed by atoms with Gasteiger partial charge in [-0.05, 0) is 86.9 Å². The molecule has 0 atom stereocenters. The fourth-order valence-electron chi connectivity index (χ4n) is 6.62. The monoisotopic (exact) mass is 410 g/mol. The molecule has 0 unspecified atom stereocenters. The van der Waals surface area contributed by atoms with Crippen LogP contribution in [0.25, 0.3) is 11.4 Å². The number of carbonyl (C=O) groups excluding carboxylic acids is 1. The van der Waals surface area contributed by atoms with Crippen LogP contribution in [0.1, 0.15) is 50.5 Å². The number of aromatic nitrogens is 3. The molecule has 2 N–H and O–H groups in total. The molecule has 1 aromatic heterocycles. The molecule has 0 radical (unpaired) electrons. The van der Waals surface area contributed by atoms with E-state index in [0.717, 1.165) is 35.7 Å². The number of hydrogen-bond donors (Lipinski definition) is 2. The molecule has 4 bridgehead atoms. The Kier molecular flexibility index (Phi) is 4.85. The number of rotatable bonds is 6. The highest BCUT2D eigenvalue weighted by Gasteiger charge is 2.50.